The largest absolute Gasteiger partial charge is 0.467 e. The van der Waals surface area contributed by atoms with Crippen molar-refractivity contribution in [1.82, 2.24) is 0 Å². The van der Waals surface area contributed by atoms with Gasteiger partial charge in [-0.15, -0.1) is 0 Å². The molecule has 0 spiro atoms. The molecular weight excluding hydrogens is 278 g/mol. The van der Waals surface area contributed by atoms with Crippen LogP contribution in [0.2, 0.25) is 0 Å². The van der Waals surface area contributed by atoms with Crippen molar-refractivity contribution in [2.45, 2.75) is 12.2 Å². The van der Waals surface area contributed by atoms with Crippen molar-refractivity contribution in [1.29, 1.82) is 0 Å². The van der Waals surface area contributed by atoms with E-state index in [1.165, 1.54) is 24.3 Å². The second-order valence-corrected chi connectivity index (χ2v) is 4.35. The van der Waals surface area contributed by atoms with Crippen molar-refractivity contribution in [2.75, 3.05) is 12.0 Å². The fraction of sp³-hybridized carbons (Fsp3) is 0.214. The molecule has 1 aromatic carbocycles. The summed E-state index contributed by atoms with van der Waals surface area (Å²) in [7, 11) is 1.10. The third kappa shape index (κ3) is 2.83. The molecule has 21 heavy (non-hydrogen) atoms. The highest BCUT2D eigenvalue weighted by Gasteiger charge is 2.28. The summed E-state index contributed by atoms with van der Waals surface area (Å²) in [5, 5.41) is 19.4. The molecule has 110 valence electrons. The van der Waals surface area contributed by atoms with Crippen LogP contribution in [0.3, 0.4) is 0 Å². The maximum Gasteiger partial charge on any atom is 0.337 e. The Morgan fingerprint density at radius 3 is 2.10 bits per heavy atom. The van der Waals surface area contributed by atoms with Crippen LogP contribution in [-0.4, -0.2) is 41.2 Å². The number of esters is 1. The Hall–Kier alpha value is -2.51. The number of rotatable bonds is 4. The first-order valence-corrected chi connectivity index (χ1v) is 6.05. The van der Waals surface area contributed by atoms with Crippen LogP contribution in [0.15, 0.2) is 36.4 Å². The van der Waals surface area contributed by atoms with E-state index in [4.69, 9.17) is 0 Å². The molecule has 0 bridgehead atoms. The lowest BCUT2D eigenvalue weighted by Crippen LogP contribution is -2.30. The SMILES string of the molecule is COC(=O)C(O)C(O)c1ccc(N2C(=O)C=CC2=O)cc1. The van der Waals surface area contributed by atoms with Gasteiger partial charge in [0, 0.05) is 12.2 Å². The van der Waals surface area contributed by atoms with Gasteiger partial charge in [-0.25, -0.2) is 9.69 Å². The zero-order chi connectivity index (χ0) is 15.6. The van der Waals surface area contributed by atoms with Crippen LogP contribution < -0.4 is 4.90 Å². The number of hydrogen-bond acceptors (Lipinski definition) is 6. The van der Waals surface area contributed by atoms with Gasteiger partial charge in [0.15, 0.2) is 6.10 Å². The van der Waals surface area contributed by atoms with Gasteiger partial charge in [-0.1, -0.05) is 12.1 Å². The predicted molar refractivity (Wildman–Crippen MR) is 71.1 cm³/mol. The van der Waals surface area contributed by atoms with Gasteiger partial charge in [0.1, 0.15) is 6.10 Å². The smallest absolute Gasteiger partial charge is 0.337 e. The lowest BCUT2D eigenvalue weighted by Gasteiger charge is -2.18. The molecule has 1 aliphatic rings. The van der Waals surface area contributed by atoms with Crippen molar-refractivity contribution < 1.29 is 29.3 Å². The first-order chi connectivity index (χ1) is 9.95. The van der Waals surface area contributed by atoms with Gasteiger partial charge in [0.25, 0.3) is 11.8 Å². The monoisotopic (exact) mass is 291 g/mol. The van der Waals surface area contributed by atoms with E-state index >= 15 is 0 Å². The van der Waals surface area contributed by atoms with E-state index in [9.17, 15) is 24.6 Å². The molecule has 0 aliphatic carbocycles. The van der Waals surface area contributed by atoms with E-state index < -0.39 is 30.0 Å². The predicted octanol–water partition coefficient (Wildman–Crippen LogP) is -0.317. The first kappa shape index (κ1) is 14.9. The summed E-state index contributed by atoms with van der Waals surface area (Å²) in [4.78, 5) is 35.1. The molecule has 0 radical (unpaired) electrons. The molecule has 2 unspecified atom stereocenters. The summed E-state index contributed by atoms with van der Waals surface area (Å²) in [6.45, 7) is 0. The van der Waals surface area contributed by atoms with Gasteiger partial charge in [-0.05, 0) is 17.7 Å². The molecule has 2 rings (SSSR count). The van der Waals surface area contributed by atoms with E-state index in [1.54, 1.807) is 0 Å². The molecule has 0 fully saturated rings. The highest BCUT2D eigenvalue weighted by molar-refractivity contribution is 6.28. The van der Waals surface area contributed by atoms with Crippen molar-refractivity contribution >= 4 is 23.5 Å². The normalized spacial score (nSPS) is 17.0. The molecule has 0 aromatic heterocycles. The van der Waals surface area contributed by atoms with Crippen LogP contribution >= 0.6 is 0 Å². The Balaban J connectivity index is 2.18. The van der Waals surface area contributed by atoms with Gasteiger partial charge in [-0.2, -0.15) is 0 Å². The minimum atomic E-state index is -1.71. The number of aliphatic hydroxyl groups excluding tert-OH is 2. The number of carbonyl (C=O) groups is 3. The number of hydrogen-bond donors (Lipinski definition) is 2. The Kier molecular flexibility index (Phi) is 4.15. The topological polar surface area (TPSA) is 104 Å². The second kappa shape index (κ2) is 5.86. The van der Waals surface area contributed by atoms with Gasteiger partial charge in [0.05, 0.1) is 12.8 Å². The number of amides is 2. The number of methoxy groups -OCH3 is 1. The summed E-state index contributed by atoms with van der Waals surface area (Å²) < 4.78 is 4.33. The van der Waals surface area contributed by atoms with Crippen molar-refractivity contribution in [3.8, 4) is 0 Å². The summed E-state index contributed by atoms with van der Waals surface area (Å²) in [6.07, 6.45) is -0.856. The van der Waals surface area contributed by atoms with Crippen LogP contribution in [0.25, 0.3) is 0 Å². The van der Waals surface area contributed by atoms with Crippen molar-refractivity contribution in [3.05, 3.63) is 42.0 Å². The Morgan fingerprint density at radius 2 is 1.62 bits per heavy atom. The first-order valence-electron chi connectivity index (χ1n) is 6.05. The highest BCUT2D eigenvalue weighted by atomic mass is 16.5. The number of nitrogens with zero attached hydrogens (tertiary/aromatic N) is 1. The maximum atomic E-state index is 11.5. The third-order valence-corrected chi connectivity index (χ3v) is 3.04. The highest BCUT2D eigenvalue weighted by Crippen LogP contribution is 2.23. The molecule has 1 heterocycles. The molecule has 2 amide bonds. The third-order valence-electron chi connectivity index (χ3n) is 3.04. The van der Waals surface area contributed by atoms with Crippen LogP contribution in [0.4, 0.5) is 5.69 Å². The standard InChI is InChI=1S/C14H13NO6/c1-21-14(20)13(19)12(18)8-2-4-9(5-3-8)15-10(16)6-7-11(15)17/h2-7,12-13,18-19H,1H3. The van der Waals surface area contributed by atoms with Crippen molar-refractivity contribution in [3.63, 3.8) is 0 Å². The Labute approximate surface area is 120 Å². The minimum absolute atomic E-state index is 0.253. The lowest BCUT2D eigenvalue weighted by molar-refractivity contribution is -0.156. The Morgan fingerprint density at radius 1 is 1.10 bits per heavy atom. The summed E-state index contributed by atoms with van der Waals surface area (Å²) in [5.74, 6) is -1.87. The Bertz CT molecular complexity index is 588. The average Bonchev–Trinajstić information content (AvgIpc) is 2.84. The summed E-state index contributed by atoms with van der Waals surface area (Å²) >= 11 is 0. The number of imide groups is 1. The van der Waals surface area contributed by atoms with Crippen LogP contribution in [-0.2, 0) is 19.1 Å². The van der Waals surface area contributed by atoms with Crippen LogP contribution in [0.1, 0.15) is 11.7 Å². The van der Waals surface area contributed by atoms with Gasteiger partial charge >= 0.3 is 5.97 Å². The molecule has 1 aromatic rings. The molecule has 0 saturated heterocycles. The van der Waals surface area contributed by atoms with Gasteiger partial charge in [-0.3, -0.25) is 9.59 Å². The van der Waals surface area contributed by atoms with Crippen molar-refractivity contribution in [2.24, 2.45) is 0 Å². The van der Waals surface area contributed by atoms with Crippen LogP contribution in [0, 0.1) is 0 Å². The van der Waals surface area contributed by atoms with E-state index in [2.05, 4.69) is 4.74 Å². The number of carbonyl (C=O) groups excluding carboxylic acids is 3. The zero-order valence-electron chi connectivity index (χ0n) is 11.1. The quantitative estimate of drug-likeness (QED) is 0.582. The van der Waals surface area contributed by atoms with E-state index in [-0.39, 0.29) is 5.56 Å². The fourth-order valence-electron chi connectivity index (χ4n) is 1.91. The number of aliphatic hydroxyl groups is 2. The van der Waals surface area contributed by atoms with E-state index in [0.29, 0.717) is 5.69 Å². The molecular formula is C14H13NO6. The number of ether oxygens (including phenoxy) is 1. The molecule has 7 heteroatoms. The average molecular weight is 291 g/mol. The van der Waals surface area contributed by atoms with Crippen LogP contribution in [0.5, 0.6) is 0 Å². The zero-order valence-corrected chi connectivity index (χ0v) is 11.1. The molecule has 2 N–H and O–H groups in total. The molecule has 7 nitrogen and oxygen atoms in total. The van der Waals surface area contributed by atoms with E-state index in [1.807, 2.05) is 0 Å². The number of benzene rings is 1. The molecule has 0 saturated carbocycles. The second-order valence-electron chi connectivity index (χ2n) is 4.35. The van der Waals surface area contributed by atoms with Gasteiger partial charge < -0.3 is 14.9 Å². The fourth-order valence-corrected chi connectivity index (χ4v) is 1.91. The van der Waals surface area contributed by atoms with E-state index in [0.717, 1.165) is 24.2 Å². The minimum Gasteiger partial charge on any atom is -0.467 e. The lowest BCUT2D eigenvalue weighted by atomic mass is 10.0. The molecule has 2 atom stereocenters. The molecule has 1 aliphatic heterocycles. The summed E-state index contributed by atoms with van der Waals surface area (Å²) in [6, 6.07) is 5.69. The van der Waals surface area contributed by atoms with Gasteiger partial charge in [0.2, 0.25) is 0 Å². The maximum absolute atomic E-state index is 11.5. The summed E-state index contributed by atoms with van der Waals surface area (Å²) in [5.41, 5.74) is 0.585. The number of anilines is 1.